The van der Waals surface area contributed by atoms with E-state index in [2.05, 4.69) is 6.92 Å². The standard InChI is InChI=1S/C30H29NO4/c1-4-5-14-31-27(22-12-9-13-23(17-22)34-18-21-10-7-6-8-11-21)26-28(32)25-20(3)15-19(2)16-24(25)35-29(26)30(31)33/h6-13,15-17,27H,4-5,14,18H2,1-3H3/t27-/m1/s1. The van der Waals surface area contributed by atoms with E-state index in [-0.39, 0.29) is 17.1 Å². The predicted molar refractivity (Wildman–Crippen MR) is 137 cm³/mol. The van der Waals surface area contributed by atoms with Crippen molar-refractivity contribution >= 4 is 16.9 Å². The summed E-state index contributed by atoms with van der Waals surface area (Å²) in [7, 11) is 0. The molecule has 1 atom stereocenters. The van der Waals surface area contributed by atoms with Crippen molar-refractivity contribution in [3.05, 3.63) is 111 Å². The molecule has 1 amide bonds. The van der Waals surface area contributed by atoms with E-state index in [0.717, 1.165) is 35.1 Å². The number of hydrogen-bond donors (Lipinski definition) is 0. The quantitative estimate of drug-likeness (QED) is 0.318. The van der Waals surface area contributed by atoms with Gasteiger partial charge in [0.05, 0.1) is 17.0 Å². The molecule has 1 aromatic heterocycles. The lowest BCUT2D eigenvalue weighted by Gasteiger charge is -2.25. The van der Waals surface area contributed by atoms with Gasteiger partial charge < -0.3 is 14.1 Å². The zero-order chi connectivity index (χ0) is 24.5. The third-order valence-corrected chi connectivity index (χ3v) is 6.59. The summed E-state index contributed by atoms with van der Waals surface area (Å²) in [5.74, 6) is 0.621. The maximum Gasteiger partial charge on any atom is 0.290 e. The lowest BCUT2D eigenvalue weighted by Crippen LogP contribution is -2.30. The lowest BCUT2D eigenvalue weighted by atomic mass is 9.96. The van der Waals surface area contributed by atoms with Crippen LogP contribution in [0.1, 0.15) is 64.2 Å². The summed E-state index contributed by atoms with van der Waals surface area (Å²) in [6.07, 6.45) is 1.78. The van der Waals surface area contributed by atoms with Gasteiger partial charge in [0.1, 0.15) is 17.9 Å². The van der Waals surface area contributed by atoms with Crippen LogP contribution in [0.5, 0.6) is 5.75 Å². The first kappa shape index (κ1) is 22.9. The van der Waals surface area contributed by atoms with Crippen LogP contribution in [0.2, 0.25) is 0 Å². The second-order valence-electron chi connectivity index (χ2n) is 9.23. The number of ether oxygens (including phenoxy) is 1. The van der Waals surface area contributed by atoms with Crippen LogP contribution in [0.15, 0.2) is 75.9 Å². The second-order valence-corrected chi connectivity index (χ2v) is 9.23. The average molecular weight is 468 g/mol. The van der Waals surface area contributed by atoms with Crippen LogP contribution in [-0.2, 0) is 6.61 Å². The minimum Gasteiger partial charge on any atom is -0.489 e. The molecule has 5 nitrogen and oxygen atoms in total. The number of hydrogen-bond acceptors (Lipinski definition) is 4. The first-order valence-electron chi connectivity index (χ1n) is 12.1. The van der Waals surface area contributed by atoms with Crippen LogP contribution in [0, 0.1) is 13.8 Å². The van der Waals surface area contributed by atoms with Crippen LogP contribution < -0.4 is 10.2 Å². The topological polar surface area (TPSA) is 59.8 Å². The molecule has 0 spiro atoms. The van der Waals surface area contributed by atoms with Crippen molar-refractivity contribution in [3.8, 4) is 5.75 Å². The van der Waals surface area contributed by atoms with Gasteiger partial charge in [0, 0.05) is 6.54 Å². The summed E-state index contributed by atoms with van der Waals surface area (Å²) in [4.78, 5) is 29.1. The van der Waals surface area contributed by atoms with Crippen molar-refractivity contribution in [2.75, 3.05) is 6.54 Å². The van der Waals surface area contributed by atoms with Gasteiger partial charge in [0.25, 0.3) is 5.91 Å². The van der Waals surface area contributed by atoms with Crippen LogP contribution in [-0.4, -0.2) is 17.4 Å². The summed E-state index contributed by atoms with van der Waals surface area (Å²) >= 11 is 0. The molecule has 5 heteroatoms. The number of unbranched alkanes of at least 4 members (excludes halogenated alkanes) is 1. The van der Waals surface area contributed by atoms with Gasteiger partial charge in [-0.1, -0.05) is 61.9 Å². The fraction of sp³-hybridized carbons (Fsp3) is 0.267. The third kappa shape index (κ3) is 4.23. The highest BCUT2D eigenvalue weighted by molar-refractivity contribution is 5.99. The van der Waals surface area contributed by atoms with Crippen LogP contribution >= 0.6 is 0 Å². The molecular weight excluding hydrogens is 438 g/mol. The largest absolute Gasteiger partial charge is 0.489 e. The van der Waals surface area contributed by atoms with E-state index in [0.29, 0.717) is 35.4 Å². The van der Waals surface area contributed by atoms with E-state index < -0.39 is 6.04 Å². The van der Waals surface area contributed by atoms with E-state index in [9.17, 15) is 9.59 Å². The van der Waals surface area contributed by atoms with Gasteiger partial charge in [0.15, 0.2) is 5.43 Å². The molecule has 1 aliphatic heterocycles. The second kappa shape index (κ2) is 9.41. The van der Waals surface area contributed by atoms with Crippen LogP contribution in [0.25, 0.3) is 11.0 Å². The van der Waals surface area contributed by atoms with Crippen molar-refractivity contribution in [3.63, 3.8) is 0 Å². The number of aryl methyl sites for hydroxylation is 2. The zero-order valence-corrected chi connectivity index (χ0v) is 20.3. The zero-order valence-electron chi connectivity index (χ0n) is 20.3. The molecule has 5 rings (SSSR count). The number of carbonyl (C=O) groups excluding carboxylic acids is 1. The third-order valence-electron chi connectivity index (χ3n) is 6.59. The number of benzene rings is 3. The van der Waals surface area contributed by atoms with Crippen LogP contribution in [0.3, 0.4) is 0 Å². The smallest absolute Gasteiger partial charge is 0.290 e. The van der Waals surface area contributed by atoms with E-state index in [1.807, 2.05) is 80.6 Å². The van der Waals surface area contributed by atoms with E-state index in [1.165, 1.54) is 0 Å². The molecule has 0 fully saturated rings. The highest BCUT2D eigenvalue weighted by atomic mass is 16.5. The molecule has 35 heavy (non-hydrogen) atoms. The molecule has 178 valence electrons. The summed E-state index contributed by atoms with van der Waals surface area (Å²) in [6.45, 7) is 6.95. The normalized spacial score (nSPS) is 15.0. The Balaban J connectivity index is 1.60. The maximum absolute atomic E-state index is 13.8. The van der Waals surface area contributed by atoms with E-state index >= 15 is 0 Å². The molecular formula is C30H29NO4. The van der Waals surface area contributed by atoms with E-state index in [4.69, 9.17) is 9.15 Å². The lowest BCUT2D eigenvalue weighted by molar-refractivity contribution is 0.0725. The molecule has 0 N–H and O–H groups in total. The van der Waals surface area contributed by atoms with Gasteiger partial charge in [-0.3, -0.25) is 9.59 Å². The maximum atomic E-state index is 13.8. The van der Waals surface area contributed by atoms with Gasteiger partial charge in [-0.05, 0) is 60.7 Å². The molecule has 0 bridgehead atoms. The first-order valence-corrected chi connectivity index (χ1v) is 12.1. The van der Waals surface area contributed by atoms with Crippen LogP contribution in [0.4, 0.5) is 0 Å². The molecule has 1 aliphatic rings. The minimum absolute atomic E-state index is 0.133. The van der Waals surface area contributed by atoms with Crippen molar-refractivity contribution < 1.29 is 13.9 Å². The average Bonchev–Trinajstić information content (AvgIpc) is 3.13. The fourth-order valence-corrected chi connectivity index (χ4v) is 4.93. The molecule has 0 radical (unpaired) electrons. The molecule has 0 saturated carbocycles. The van der Waals surface area contributed by atoms with Crippen molar-refractivity contribution in [1.29, 1.82) is 0 Å². The summed E-state index contributed by atoms with van der Waals surface area (Å²) in [5, 5.41) is 0.543. The van der Waals surface area contributed by atoms with Gasteiger partial charge >= 0.3 is 0 Å². The Bertz CT molecular complexity index is 1450. The van der Waals surface area contributed by atoms with Gasteiger partial charge in [-0.15, -0.1) is 0 Å². The Morgan fingerprint density at radius 2 is 1.77 bits per heavy atom. The number of amides is 1. The highest BCUT2D eigenvalue weighted by Gasteiger charge is 2.42. The van der Waals surface area contributed by atoms with Crippen molar-refractivity contribution in [2.24, 2.45) is 0 Å². The first-order chi connectivity index (χ1) is 17.0. The number of carbonyl (C=O) groups is 1. The Kier molecular flexibility index (Phi) is 6.16. The SMILES string of the molecule is CCCCN1C(=O)c2oc3cc(C)cc(C)c3c(=O)c2[C@H]1c1cccc(OCc2ccccc2)c1. The molecule has 3 aromatic carbocycles. The molecule has 2 heterocycles. The highest BCUT2D eigenvalue weighted by Crippen LogP contribution is 2.39. The van der Waals surface area contributed by atoms with E-state index in [1.54, 1.807) is 4.90 Å². The Morgan fingerprint density at radius 1 is 0.971 bits per heavy atom. The summed E-state index contributed by atoms with van der Waals surface area (Å²) in [6, 6.07) is 21.0. The Hall–Kier alpha value is -3.86. The molecule has 0 saturated heterocycles. The Labute approximate surface area is 205 Å². The van der Waals surface area contributed by atoms with Crippen molar-refractivity contribution in [1.82, 2.24) is 4.90 Å². The summed E-state index contributed by atoms with van der Waals surface area (Å²) in [5.41, 5.74) is 4.52. The number of nitrogens with zero attached hydrogens (tertiary/aromatic N) is 1. The monoisotopic (exact) mass is 467 g/mol. The molecule has 4 aromatic rings. The minimum atomic E-state index is -0.509. The van der Waals surface area contributed by atoms with Gasteiger partial charge in [-0.2, -0.15) is 0 Å². The number of rotatable bonds is 7. The van der Waals surface area contributed by atoms with Crippen molar-refractivity contribution in [2.45, 2.75) is 46.3 Å². The Morgan fingerprint density at radius 3 is 2.54 bits per heavy atom. The summed E-state index contributed by atoms with van der Waals surface area (Å²) < 4.78 is 12.2. The number of fused-ring (bicyclic) bond motifs is 2. The fourth-order valence-electron chi connectivity index (χ4n) is 4.93. The predicted octanol–water partition coefficient (Wildman–Crippen LogP) is 6.33. The van der Waals surface area contributed by atoms with Gasteiger partial charge in [0.2, 0.25) is 5.76 Å². The van der Waals surface area contributed by atoms with Gasteiger partial charge in [-0.25, -0.2) is 0 Å². The molecule has 0 aliphatic carbocycles. The molecule has 0 unspecified atom stereocenters.